The molecule has 1 aromatic heterocycles. The molecule has 1 aromatic rings. The van der Waals surface area contributed by atoms with Crippen molar-refractivity contribution in [2.45, 2.75) is 13.0 Å². The summed E-state index contributed by atoms with van der Waals surface area (Å²) in [5, 5.41) is 3.06. The summed E-state index contributed by atoms with van der Waals surface area (Å²) in [6.07, 6.45) is 1.38. The monoisotopic (exact) mass is 227 g/mol. The smallest absolute Gasteiger partial charge is 0.274 e. The number of aromatic nitrogens is 2. The van der Waals surface area contributed by atoms with E-state index in [0.717, 1.165) is 0 Å². The number of rotatable bonds is 6. The van der Waals surface area contributed by atoms with Crippen LogP contribution < -0.4 is 10.9 Å². The first-order valence-corrected chi connectivity index (χ1v) is 4.97. The average Bonchev–Trinajstić information content (AvgIpc) is 2.24. The van der Waals surface area contributed by atoms with E-state index in [0.29, 0.717) is 24.6 Å². The molecule has 0 aliphatic carbocycles. The Labute approximate surface area is 94.0 Å². The van der Waals surface area contributed by atoms with Crippen LogP contribution in [-0.2, 0) is 9.47 Å². The summed E-state index contributed by atoms with van der Waals surface area (Å²) in [6.45, 7) is 2.69. The van der Waals surface area contributed by atoms with E-state index in [-0.39, 0.29) is 11.6 Å². The zero-order chi connectivity index (χ0) is 12.0. The molecule has 1 heterocycles. The Hall–Kier alpha value is -1.40. The number of hydrogen-bond donors (Lipinski definition) is 2. The second kappa shape index (κ2) is 6.24. The molecule has 6 nitrogen and oxygen atoms in total. The fourth-order valence-electron chi connectivity index (χ4n) is 1.40. The van der Waals surface area contributed by atoms with Gasteiger partial charge >= 0.3 is 0 Å². The van der Waals surface area contributed by atoms with Crippen molar-refractivity contribution in [1.29, 1.82) is 0 Å². The second-order valence-electron chi connectivity index (χ2n) is 3.44. The SMILES string of the molecule is COCC(COC)Nc1c(C)nc[nH]c1=O. The molecule has 2 N–H and O–H groups in total. The molecule has 16 heavy (non-hydrogen) atoms. The maximum absolute atomic E-state index is 11.5. The van der Waals surface area contributed by atoms with Gasteiger partial charge in [0.25, 0.3) is 5.56 Å². The topological polar surface area (TPSA) is 76.2 Å². The average molecular weight is 227 g/mol. The molecule has 0 radical (unpaired) electrons. The molecule has 0 aliphatic heterocycles. The number of aryl methyl sites for hydroxylation is 1. The molecule has 0 amide bonds. The zero-order valence-corrected chi connectivity index (χ0v) is 9.74. The van der Waals surface area contributed by atoms with Crippen molar-refractivity contribution in [3.05, 3.63) is 22.4 Å². The molecule has 1 rings (SSSR count). The molecule has 0 spiro atoms. The standard InChI is InChI=1S/C10H17N3O3/c1-7-9(10(14)12-6-11-7)13-8(4-15-2)5-16-3/h6,8,13H,4-5H2,1-3H3,(H,11,12,14). The van der Waals surface area contributed by atoms with Gasteiger partial charge in [0.15, 0.2) is 0 Å². The summed E-state index contributed by atoms with van der Waals surface area (Å²) < 4.78 is 10.1. The van der Waals surface area contributed by atoms with Crippen LogP contribution in [0.4, 0.5) is 5.69 Å². The lowest BCUT2D eigenvalue weighted by Crippen LogP contribution is -2.33. The van der Waals surface area contributed by atoms with Crippen LogP contribution in [0, 0.1) is 6.92 Å². The number of methoxy groups -OCH3 is 2. The van der Waals surface area contributed by atoms with Gasteiger partial charge in [0.1, 0.15) is 5.69 Å². The van der Waals surface area contributed by atoms with Crippen LogP contribution in [0.2, 0.25) is 0 Å². The number of H-pyrrole nitrogens is 1. The highest BCUT2D eigenvalue weighted by Gasteiger charge is 2.12. The van der Waals surface area contributed by atoms with Gasteiger partial charge < -0.3 is 19.8 Å². The first-order valence-electron chi connectivity index (χ1n) is 4.97. The molecule has 0 saturated heterocycles. The third-order valence-electron chi connectivity index (χ3n) is 2.13. The van der Waals surface area contributed by atoms with Crippen LogP contribution in [-0.4, -0.2) is 43.4 Å². The van der Waals surface area contributed by atoms with Crippen LogP contribution >= 0.6 is 0 Å². The minimum Gasteiger partial charge on any atom is -0.382 e. The van der Waals surface area contributed by atoms with Gasteiger partial charge in [-0.25, -0.2) is 4.98 Å². The zero-order valence-electron chi connectivity index (χ0n) is 9.74. The first-order chi connectivity index (χ1) is 7.69. The summed E-state index contributed by atoms with van der Waals surface area (Å²) in [4.78, 5) is 18.1. The number of anilines is 1. The Morgan fingerprint density at radius 3 is 2.56 bits per heavy atom. The van der Waals surface area contributed by atoms with Crippen LogP contribution in [0.15, 0.2) is 11.1 Å². The van der Waals surface area contributed by atoms with Crippen molar-refractivity contribution in [3.8, 4) is 0 Å². The van der Waals surface area contributed by atoms with Crippen LogP contribution in [0.25, 0.3) is 0 Å². The van der Waals surface area contributed by atoms with E-state index >= 15 is 0 Å². The van der Waals surface area contributed by atoms with E-state index in [4.69, 9.17) is 9.47 Å². The predicted octanol–water partition coefficient (Wildman–Crippen LogP) is 0.152. The number of ether oxygens (including phenoxy) is 2. The minimum absolute atomic E-state index is 0.0704. The molecule has 0 aliphatic rings. The predicted molar refractivity (Wildman–Crippen MR) is 60.8 cm³/mol. The van der Waals surface area contributed by atoms with Gasteiger partial charge in [-0.05, 0) is 6.92 Å². The van der Waals surface area contributed by atoms with Crippen LogP contribution in [0.3, 0.4) is 0 Å². The van der Waals surface area contributed by atoms with Crippen molar-refractivity contribution >= 4 is 5.69 Å². The van der Waals surface area contributed by atoms with Gasteiger partial charge in [0.05, 0.1) is 31.3 Å². The summed E-state index contributed by atoms with van der Waals surface area (Å²) in [5.74, 6) is 0. The number of aromatic amines is 1. The van der Waals surface area contributed by atoms with Gasteiger partial charge in [-0.3, -0.25) is 4.79 Å². The highest BCUT2D eigenvalue weighted by atomic mass is 16.5. The highest BCUT2D eigenvalue weighted by molar-refractivity contribution is 5.45. The van der Waals surface area contributed by atoms with Gasteiger partial charge in [-0.15, -0.1) is 0 Å². The normalized spacial score (nSPS) is 10.8. The summed E-state index contributed by atoms with van der Waals surface area (Å²) >= 11 is 0. The molecule has 0 saturated carbocycles. The van der Waals surface area contributed by atoms with Crippen molar-refractivity contribution in [2.75, 3.05) is 32.8 Å². The molecular formula is C10H17N3O3. The number of nitrogens with one attached hydrogen (secondary N) is 2. The van der Waals surface area contributed by atoms with Crippen molar-refractivity contribution in [1.82, 2.24) is 9.97 Å². The summed E-state index contributed by atoms with van der Waals surface area (Å²) in [5.41, 5.74) is 0.923. The van der Waals surface area contributed by atoms with E-state index in [1.54, 1.807) is 21.1 Å². The van der Waals surface area contributed by atoms with Gasteiger partial charge in [0.2, 0.25) is 0 Å². The largest absolute Gasteiger partial charge is 0.382 e. The van der Waals surface area contributed by atoms with Gasteiger partial charge in [-0.2, -0.15) is 0 Å². The van der Waals surface area contributed by atoms with E-state index < -0.39 is 0 Å². The Kier molecular flexibility index (Phi) is 4.94. The molecule has 6 heteroatoms. The van der Waals surface area contributed by atoms with Crippen molar-refractivity contribution in [2.24, 2.45) is 0 Å². The summed E-state index contributed by atoms with van der Waals surface area (Å²) in [7, 11) is 3.20. The highest BCUT2D eigenvalue weighted by Crippen LogP contribution is 2.05. The first kappa shape index (κ1) is 12.7. The molecule has 0 bridgehead atoms. The quantitative estimate of drug-likeness (QED) is 0.723. The maximum Gasteiger partial charge on any atom is 0.274 e. The Bertz CT molecular complexity index is 372. The Balaban J connectivity index is 2.80. The van der Waals surface area contributed by atoms with Gasteiger partial charge in [0, 0.05) is 14.2 Å². The van der Waals surface area contributed by atoms with E-state index in [1.165, 1.54) is 6.33 Å². The fraction of sp³-hybridized carbons (Fsp3) is 0.600. The molecular weight excluding hydrogens is 210 g/mol. The third-order valence-corrected chi connectivity index (χ3v) is 2.13. The minimum atomic E-state index is -0.190. The van der Waals surface area contributed by atoms with Crippen molar-refractivity contribution < 1.29 is 9.47 Å². The third kappa shape index (κ3) is 3.32. The van der Waals surface area contributed by atoms with Crippen LogP contribution in [0.5, 0.6) is 0 Å². The van der Waals surface area contributed by atoms with Gasteiger partial charge in [-0.1, -0.05) is 0 Å². The number of nitrogens with zero attached hydrogens (tertiary/aromatic N) is 1. The van der Waals surface area contributed by atoms with E-state index in [9.17, 15) is 4.79 Å². The second-order valence-corrected chi connectivity index (χ2v) is 3.44. The molecule has 90 valence electrons. The van der Waals surface area contributed by atoms with E-state index in [2.05, 4.69) is 15.3 Å². The fourth-order valence-corrected chi connectivity index (χ4v) is 1.40. The van der Waals surface area contributed by atoms with E-state index in [1.807, 2.05) is 0 Å². The molecule has 0 atom stereocenters. The van der Waals surface area contributed by atoms with Crippen LogP contribution in [0.1, 0.15) is 5.69 Å². The molecule has 0 unspecified atom stereocenters. The molecule has 0 fully saturated rings. The lowest BCUT2D eigenvalue weighted by Gasteiger charge is -2.18. The summed E-state index contributed by atoms with van der Waals surface area (Å²) in [6, 6.07) is -0.0704. The Morgan fingerprint density at radius 2 is 2.06 bits per heavy atom. The van der Waals surface area contributed by atoms with Crippen molar-refractivity contribution in [3.63, 3.8) is 0 Å². The lowest BCUT2D eigenvalue weighted by molar-refractivity contribution is 0.126. The number of hydrogen-bond acceptors (Lipinski definition) is 5. The maximum atomic E-state index is 11.5. The Morgan fingerprint density at radius 1 is 1.44 bits per heavy atom. The molecule has 0 aromatic carbocycles. The lowest BCUT2D eigenvalue weighted by atomic mass is 10.3.